The van der Waals surface area contributed by atoms with Gasteiger partial charge in [-0.2, -0.15) is 5.10 Å². The monoisotopic (exact) mass is 368 g/mol. The van der Waals surface area contributed by atoms with Crippen molar-refractivity contribution in [2.24, 2.45) is 5.10 Å². The van der Waals surface area contributed by atoms with Crippen LogP contribution in [0.2, 0.25) is 0 Å². The number of hydrogen-bond acceptors (Lipinski definition) is 4. The van der Waals surface area contributed by atoms with Crippen LogP contribution in [0.3, 0.4) is 0 Å². The van der Waals surface area contributed by atoms with Gasteiger partial charge in [0.25, 0.3) is 0 Å². The highest BCUT2D eigenvalue weighted by Gasteiger charge is 2.17. The van der Waals surface area contributed by atoms with E-state index in [0.717, 1.165) is 38.3 Å². The molecule has 1 N–H and O–H groups in total. The molecule has 1 amide bonds. The van der Waals surface area contributed by atoms with Gasteiger partial charge in [0.05, 0.1) is 5.71 Å². The van der Waals surface area contributed by atoms with Crippen LogP contribution >= 0.6 is 0 Å². The standard InChI is InChI=1S/C21H25FN4O/c1-17(18-7-9-19(22)10-8-18)23-24-21(27)11-12-25-13-15-26(16-14-25)20-5-3-2-4-6-20/h2-10H,11-16H2,1H3,(H,24,27)/b23-17-. The Hall–Kier alpha value is -2.73. The summed E-state index contributed by atoms with van der Waals surface area (Å²) in [5.74, 6) is -0.398. The molecule has 1 heterocycles. The maximum atomic E-state index is 12.9. The van der Waals surface area contributed by atoms with E-state index in [-0.39, 0.29) is 11.7 Å². The first-order chi connectivity index (χ1) is 13.1. The van der Waals surface area contributed by atoms with Crippen molar-refractivity contribution in [2.45, 2.75) is 13.3 Å². The van der Waals surface area contributed by atoms with Crippen molar-refractivity contribution in [1.82, 2.24) is 10.3 Å². The van der Waals surface area contributed by atoms with Crippen LogP contribution in [0, 0.1) is 5.82 Å². The van der Waals surface area contributed by atoms with Crippen molar-refractivity contribution < 1.29 is 9.18 Å². The second kappa shape index (κ2) is 9.28. The molecule has 27 heavy (non-hydrogen) atoms. The fourth-order valence-electron chi connectivity index (χ4n) is 3.09. The molecule has 3 rings (SSSR count). The smallest absolute Gasteiger partial charge is 0.241 e. The predicted octanol–water partition coefficient (Wildman–Crippen LogP) is 2.88. The minimum Gasteiger partial charge on any atom is -0.369 e. The summed E-state index contributed by atoms with van der Waals surface area (Å²) in [5.41, 5.74) is 5.28. The van der Waals surface area contributed by atoms with Gasteiger partial charge in [0.2, 0.25) is 5.91 Å². The fraction of sp³-hybridized carbons (Fsp3) is 0.333. The number of hydrogen-bond donors (Lipinski definition) is 1. The lowest BCUT2D eigenvalue weighted by Gasteiger charge is -2.36. The molecule has 0 spiro atoms. The third-order valence-electron chi connectivity index (χ3n) is 4.76. The van der Waals surface area contributed by atoms with Crippen molar-refractivity contribution in [3.05, 3.63) is 66.0 Å². The molecule has 2 aromatic carbocycles. The zero-order valence-electron chi connectivity index (χ0n) is 15.6. The Morgan fingerprint density at radius 2 is 1.70 bits per heavy atom. The summed E-state index contributed by atoms with van der Waals surface area (Å²) in [7, 11) is 0. The first-order valence-corrected chi connectivity index (χ1v) is 9.23. The molecule has 1 fully saturated rings. The zero-order valence-corrected chi connectivity index (χ0v) is 15.6. The molecule has 0 bridgehead atoms. The molecule has 0 saturated carbocycles. The van der Waals surface area contributed by atoms with Gasteiger partial charge in [-0.15, -0.1) is 0 Å². The summed E-state index contributed by atoms with van der Waals surface area (Å²) in [6.45, 7) is 6.33. The van der Waals surface area contributed by atoms with Gasteiger partial charge >= 0.3 is 0 Å². The van der Waals surface area contributed by atoms with Crippen molar-refractivity contribution >= 4 is 17.3 Å². The average Bonchev–Trinajstić information content (AvgIpc) is 2.72. The third kappa shape index (κ3) is 5.62. The molecule has 142 valence electrons. The maximum Gasteiger partial charge on any atom is 0.241 e. The van der Waals surface area contributed by atoms with Crippen molar-refractivity contribution in [3.8, 4) is 0 Å². The SMILES string of the molecule is C/C(=N/NC(=O)CCN1CCN(c2ccccc2)CC1)c1ccc(F)cc1. The molecule has 1 aliphatic rings. The average molecular weight is 368 g/mol. The topological polar surface area (TPSA) is 47.9 Å². The molecule has 1 saturated heterocycles. The normalized spacial score (nSPS) is 15.6. The second-order valence-corrected chi connectivity index (χ2v) is 6.65. The highest BCUT2D eigenvalue weighted by atomic mass is 19.1. The highest BCUT2D eigenvalue weighted by molar-refractivity contribution is 5.99. The number of halogens is 1. The Kier molecular flexibility index (Phi) is 6.54. The van der Waals surface area contributed by atoms with Gasteiger partial charge in [-0.1, -0.05) is 30.3 Å². The molecule has 0 aliphatic carbocycles. The van der Waals surface area contributed by atoms with Gasteiger partial charge < -0.3 is 4.90 Å². The summed E-state index contributed by atoms with van der Waals surface area (Å²) in [6.07, 6.45) is 0.408. The summed E-state index contributed by atoms with van der Waals surface area (Å²) in [4.78, 5) is 16.7. The van der Waals surface area contributed by atoms with Crippen molar-refractivity contribution in [3.63, 3.8) is 0 Å². The molecule has 0 unspecified atom stereocenters. The number of carbonyl (C=O) groups excluding carboxylic acids is 1. The molecule has 5 nitrogen and oxygen atoms in total. The summed E-state index contributed by atoms with van der Waals surface area (Å²) < 4.78 is 12.9. The van der Waals surface area contributed by atoms with Gasteiger partial charge in [0.1, 0.15) is 5.82 Å². The number of para-hydroxylation sites is 1. The van der Waals surface area contributed by atoms with Crippen LogP contribution in [-0.4, -0.2) is 49.2 Å². The van der Waals surface area contributed by atoms with Gasteiger partial charge in [-0.25, -0.2) is 9.82 Å². The quantitative estimate of drug-likeness (QED) is 0.630. The van der Waals surface area contributed by atoms with E-state index in [9.17, 15) is 9.18 Å². The first kappa shape index (κ1) is 19.0. The number of benzene rings is 2. The molecule has 2 aromatic rings. The van der Waals surface area contributed by atoms with Crippen molar-refractivity contribution in [2.75, 3.05) is 37.6 Å². The lowest BCUT2D eigenvalue weighted by atomic mass is 10.1. The largest absolute Gasteiger partial charge is 0.369 e. The lowest BCUT2D eigenvalue weighted by Crippen LogP contribution is -2.47. The Balaban J connectivity index is 1.39. The van der Waals surface area contributed by atoms with E-state index in [2.05, 4.69) is 44.6 Å². The van der Waals surface area contributed by atoms with E-state index < -0.39 is 0 Å². The molecule has 6 heteroatoms. The molecular weight excluding hydrogens is 343 g/mol. The Morgan fingerprint density at radius 1 is 1.04 bits per heavy atom. The third-order valence-corrected chi connectivity index (χ3v) is 4.76. The van der Waals surface area contributed by atoms with E-state index >= 15 is 0 Å². The minimum atomic E-state index is -0.289. The molecular formula is C21H25FN4O. The number of nitrogens with zero attached hydrogens (tertiary/aromatic N) is 3. The van der Waals surface area contributed by atoms with Crippen LogP contribution in [0.4, 0.5) is 10.1 Å². The van der Waals surface area contributed by atoms with Gasteiger partial charge in [0.15, 0.2) is 0 Å². The predicted molar refractivity (Wildman–Crippen MR) is 106 cm³/mol. The summed E-state index contributed by atoms with van der Waals surface area (Å²) in [6, 6.07) is 16.4. The summed E-state index contributed by atoms with van der Waals surface area (Å²) >= 11 is 0. The molecule has 0 atom stereocenters. The fourth-order valence-corrected chi connectivity index (χ4v) is 3.09. The van der Waals surface area contributed by atoms with E-state index in [4.69, 9.17) is 0 Å². The number of amides is 1. The molecule has 1 aliphatic heterocycles. The number of rotatable bonds is 6. The molecule has 0 aromatic heterocycles. The van der Waals surface area contributed by atoms with Crippen LogP contribution < -0.4 is 10.3 Å². The van der Waals surface area contributed by atoms with Crippen LogP contribution in [0.1, 0.15) is 18.9 Å². The number of anilines is 1. The number of piperazine rings is 1. The Labute approximate surface area is 159 Å². The lowest BCUT2D eigenvalue weighted by molar-refractivity contribution is -0.121. The highest BCUT2D eigenvalue weighted by Crippen LogP contribution is 2.15. The zero-order chi connectivity index (χ0) is 19.1. The minimum absolute atomic E-state index is 0.109. The van der Waals surface area contributed by atoms with Gasteiger partial charge in [-0.05, 0) is 36.8 Å². The maximum absolute atomic E-state index is 12.9. The summed E-state index contributed by atoms with van der Waals surface area (Å²) in [5, 5.41) is 4.11. The number of carbonyl (C=O) groups is 1. The Bertz CT molecular complexity index is 769. The van der Waals surface area contributed by atoms with E-state index in [0.29, 0.717) is 12.1 Å². The van der Waals surface area contributed by atoms with Crippen LogP contribution in [0.5, 0.6) is 0 Å². The van der Waals surface area contributed by atoms with Crippen molar-refractivity contribution in [1.29, 1.82) is 0 Å². The first-order valence-electron chi connectivity index (χ1n) is 9.23. The second-order valence-electron chi connectivity index (χ2n) is 6.65. The van der Waals surface area contributed by atoms with Gasteiger partial charge in [-0.3, -0.25) is 9.69 Å². The number of hydrazone groups is 1. The van der Waals surface area contributed by atoms with E-state index in [1.807, 2.05) is 6.07 Å². The van der Waals surface area contributed by atoms with E-state index in [1.54, 1.807) is 19.1 Å². The van der Waals surface area contributed by atoms with Crippen LogP contribution in [-0.2, 0) is 4.79 Å². The van der Waals surface area contributed by atoms with Crippen LogP contribution in [0.15, 0.2) is 59.7 Å². The molecule has 0 radical (unpaired) electrons. The Morgan fingerprint density at radius 3 is 2.37 bits per heavy atom. The van der Waals surface area contributed by atoms with Gasteiger partial charge in [0, 0.05) is 44.8 Å². The van der Waals surface area contributed by atoms with Crippen LogP contribution in [0.25, 0.3) is 0 Å². The number of nitrogens with one attached hydrogen (secondary N) is 1. The van der Waals surface area contributed by atoms with E-state index in [1.165, 1.54) is 17.8 Å².